The molecule has 1 N–H and O–H groups in total. The standard InChI is InChI=1S/C27H27NO5/c1-17(2)24-13-23(30)27-25(32-18(3)22-9-5-4-8-20(22)15-29)11-21(12-26(27)33-24)31-16-19-7-6-10-28-14-19/h4-14,17-18,29H,15-16H2,1-3H3. The van der Waals surface area contributed by atoms with Gasteiger partial charge < -0.3 is 19.0 Å². The van der Waals surface area contributed by atoms with Gasteiger partial charge in [0.05, 0.1) is 6.61 Å². The zero-order chi connectivity index (χ0) is 23.4. The van der Waals surface area contributed by atoms with Gasteiger partial charge in [0.15, 0.2) is 5.43 Å². The zero-order valence-electron chi connectivity index (χ0n) is 18.9. The summed E-state index contributed by atoms with van der Waals surface area (Å²) in [5, 5.41) is 10.1. The molecule has 33 heavy (non-hydrogen) atoms. The molecule has 0 spiro atoms. The van der Waals surface area contributed by atoms with E-state index in [0.717, 1.165) is 16.7 Å². The van der Waals surface area contributed by atoms with E-state index in [-0.39, 0.29) is 18.0 Å². The number of aliphatic hydroxyl groups excluding tert-OH is 1. The normalized spacial score (nSPS) is 12.2. The van der Waals surface area contributed by atoms with Crippen molar-refractivity contribution in [3.05, 3.63) is 99.7 Å². The van der Waals surface area contributed by atoms with Crippen molar-refractivity contribution in [3.8, 4) is 11.5 Å². The van der Waals surface area contributed by atoms with Crippen molar-refractivity contribution in [1.82, 2.24) is 4.98 Å². The molecule has 0 saturated carbocycles. The summed E-state index contributed by atoms with van der Waals surface area (Å²) in [4.78, 5) is 17.1. The van der Waals surface area contributed by atoms with Crippen LogP contribution in [0, 0.1) is 0 Å². The molecule has 0 bridgehead atoms. The number of rotatable bonds is 8. The van der Waals surface area contributed by atoms with Crippen molar-refractivity contribution >= 4 is 11.0 Å². The van der Waals surface area contributed by atoms with E-state index in [2.05, 4.69) is 4.98 Å². The largest absolute Gasteiger partial charge is 0.489 e. The minimum atomic E-state index is -0.408. The number of aliphatic hydroxyl groups is 1. The molecule has 6 nitrogen and oxygen atoms in total. The summed E-state index contributed by atoms with van der Waals surface area (Å²) >= 11 is 0. The third-order valence-corrected chi connectivity index (χ3v) is 5.45. The number of hydrogen-bond acceptors (Lipinski definition) is 6. The Labute approximate surface area is 192 Å². The fourth-order valence-corrected chi connectivity index (χ4v) is 3.69. The number of fused-ring (bicyclic) bond motifs is 1. The van der Waals surface area contributed by atoms with E-state index < -0.39 is 6.10 Å². The van der Waals surface area contributed by atoms with Gasteiger partial charge in [-0.3, -0.25) is 9.78 Å². The van der Waals surface area contributed by atoms with Crippen LogP contribution in [0.1, 0.15) is 55.2 Å². The fraction of sp³-hybridized carbons (Fsp3) is 0.259. The maximum Gasteiger partial charge on any atom is 0.196 e. The molecule has 6 heteroatoms. The molecular weight excluding hydrogens is 418 g/mol. The first-order valence-corrected chi connectivity index (χ1v) is 10.9. The van der Waals surface area contributed by atoms with Gasteiger partial charge in [0, 0.05) is 42.1 Å². The summed E-state index contributed by atoms with van der Waals surface area (Å²) in [7, 11) is 0. The van der Waals surface area contributed by atoms with Crippen LogP contribution >= 0.6 is 0 Å². The van der Waals surface area contributed by atoms with Crippen molar-refractivity contribution in [3.63, 3.8) is 0 Å². The molecule has 1 unspecified atom stereocenters. The van der Waals surface area contributed by atoms with E-state index in [1.807, 2.05) is 57.2 Å². The van der Waals surface area contributed by atoms with Crippen LogP contribution in [-0.2, 0) is 13.2 Å². The van der Waals surface area contributed by atoms with E-state index in [9.17, 15) is 9.90 Å². The van der Waals surface area contributed by atoms with Crippen molar-refractivity contribution in [2.24, 2.45) is 0 Å². The first kappa shape index (κ1) is 22.6. The molecule has 0 aliphatic carbocycles. The van der Waals surface area contributed by atoms with Crippen LogP contribution in [0.3, 0.4) is 0 Å². The van der Waals surface area contributed by atoms with Crippen LogP contribution in [0.25, 0.3) is 11.0 Å². The fourth-order valence-electron chi connectivity index (χ4n) is 3.69. The summed E-state index contributed by atoms with van der Waals surface area (Å²) in [5.41, 5.74) is 2.78. The van der Waals surface area contributed by atoms with Gasteiger partial charge in [-0.1, -0.05) is 44.2 Å². The van der Waals surface area contributed by atoms with Crippen molar-refractivity contribution in [1.29, 1.82) is 0 Å². The van der Waals surface area contributed by atoms with Crippen LogP contribution in [0.5, 0.6) is 11.5 Å². The van der Waals surface area contributed by atoms with Crippen LogP contribution < -0.4 is 14.9 Å². The Morgan fingerprint density at radius 3 is 2.61 bits per heavy atom. The van der Waals surface area contributed by atoms with Gasteiger partial charge in [-0.25, -0.2) is 0 Å². The molecule has 2 aromatic heterocycles. The smallest absolute Gasteiger partial charge is 0.196 e. The molecular formula is C27H27NO5. The lowest BCUT2D eigenvalue weighted by Crippen LogP contribution is -2.10. The van der Waals surface area contributed by atoms with Crippen molar-refractivity contribution in [2.75, 3.05) is 0 Å². The third kappa shape index (κ3) is 5.07. The topological polar surface area (TPSA) is 81.8 Å². The molecule has 0 aliphatic heterocycles. The van der Waals surface area contributed by atoms with E-state index in [4.69, 9.17) is 13.9 Å². The minimum Gasteiger partial charge on any atom is -0.489 e. The molecule has 0 aliphatic rings. The summed E-state index contributed by atoms with van der Waals surface area (Å²) in [5.74, 6) is 1.55. The molecule has 4 aromatic rings. The summed E-state index contributed by atoms with van der Waals surface area (Å²) < 4.78 is 18.3. The summed E-state index contributed by atoms with van der Waals surface area (Å²) in [6.07, 6.45) is 3.04. The number of hydrogen-bond donors (Lipinski definition) is 1. The van der Waals surface area contributed by atoms with Gasteiger partial charge in [-0.2, -0.15) is 0 Å². The van der Waals surface area contributed by atoms with Gasteiger partial charge in [0.2, 0.25) is 0 Å². The van der Waals surface area contributed by atoms with Crippen LogP contribution in [0.2, 0.25) is 0 Å². The first-order valence-electron chi connectivity index (χ1n) is 10.9. The van der Waals surface area contributed by atoms with Crippen molar-refractivity contribution in [2.45, 2.75) is 46.0 Å². The Bertz CT molecular complexity index is 1300. The maximum atomic E-state index is 13.0. The number of pyridine rings is 1. The van der Waals surface area contributed by atoms with Crippen molar-refractivity contribution < 1.29 is 19.0 Å². The maximum absolute atomic E-state index is 13.0. The monoisotopic (exact) mass is 445 g/mol. The highest BCUT2D eigenvalue weighted by atomic mass is 16.5. The Morgan fingerprint density at radius 1 is 1.06 bits per heavy atom. The Morgan fingerprint density at radius 2 is 1.88 bits per heavy atom. The SMILES string of the molecule is CC(C)c1cc(=O)c2c(OC(C)c3ccccc3CO)cc(OCc3cccnc3)cc2o1. The van der Waals surface area contributed by atoms with Gasteiger partial charge in [-0.15, -0.1) is 0 Å². The highest BCUT2D eigenvalue weighted by Gasteiger charge is 2.19. The van der Waals surface area contributed by atoms with Gasteiger partial charge in [0.1, 0.15) is 40.9 Å². The van der Waals surface area contributed by atoms with Gasteiger partial charge in [0.25, 0.3) is 0 Å². The number of benzene rings is 2. The lowest BCUT2D eigenvalue weighted by atomic mass is 10.0. The van der Waals surface area contributed by atoms with E-state index in [1.165, 1.54) is 6.07 Å². The molecule has 1 atom stereocenters. The number of ether oxygens (including phenoxy) is 2. The second-order valence-corrected chi connectivity index (χ2v) is 8.23. The van der Waals surface area contributed by atoms with Gasteiger partial charge >= 0.3 is 0 Å². The van der Waals surface area contributed by atoms with Gasteiger partial charge in [-0.05, 0) is 24.1 Å². The quantitative estimate of drug-likeness (QED) is 0.384. The van der Waals surface area contributed by atoms with E-state index >= 15 is 0 Å². The minimum absolute atomic E-state index is 0.0572. The van der Waals surface area contributed by atoms with Crippen LogP contribution in [0.4, 0.5) is 0 Å². The average molecular weight is 446 g/mol. The molecule has 0 radical (unpaired) electrons. The first-order chi connectivity index (χ1) is 16.0. The Balaban J connectivity index is 1.76. The van der Waals surface area contributed by atoms with E-state index in [0.29, 0.717) is 34.8 Å². The molecule has 2 aromatic carbocycles. The second kappa shape index (κ2) is 9.88. The summed E-state index contributed by atoms with van der Waals surface area (Å²) in [6.45, 7) is 6.04. The molecule has 0 amide bonds. The summed E-state index contributed by atoms with van der Waals surface area (Å²) in [6, 6.07) is 16.2. The lowest BCUT2D eigenvalue weighted by Gasteiger charge is -2.20. The number of aromatic nitrogens is 1. The van der Waals surface area contributed by atoms with Crippen LogP contribution in [0.15, 0.2) is 76.2 Å². The van der Waals surface area contributed by atoms with Crippen LogP contribution in [-0.4, -0.2) is 10.1 Å². The molecule has 2 heterocycles. The zero-order valence-corrected chi connectivity index (χ0v) is 18.9. The Hall–Kier alpha value is -3.64. The number of nitrogens with zero attached hydrogens (tertiary/aromatic N) is 1. The second-order valence-electron chi connectivity index (χ2n) is 8.23. The third-order valence-electron chi connectivity index (χ3n) is 5.45. The predicted molar refractivity (Wildman–Crippen MR) is 127 cm³/mol. The van der Waals surface area contributed by atoms with E-state index in [1.54, 1.807) is 24.5 Å². The molecule has 0 fully saturated rings. The predicted octanol–water partition coefficient (Wildman–Crippen LogP) is 5.52. The molecule has 4 rings (SSSR count). The Kier molecular flexibility index (Phi) is 6.75. The highest BCUT2D eigenvalue weighted by molar-refractivity contribution is 5.85. The molecule has 0 saturated heterocycles. The lowest BCUT2D eigenvalue weighted by molar-refractivity contribution is 0.219. The molecule has 170 valence electrons. The highest BCUT2D eigenvalue weighted by Crippen LogP contribution is 2.34. The average Bonchev–Trinajstić information content (AvgIpc) is 2.82.